The number of ether oxygens (including phenoxy) is 1. The van der Waals surface area contributed by atoms with E-state index in [0.29, 0.717) is 34.8 Å². The Bertz CT molecular complexity index is 969. The molecule has 0 unspecified atom stereocenters. The van der Waals surface area contributed by atoms with Crippen LogP contribution in [0.5, 0.6) is 11.5 Å². The number of thioether (sulfide) groups is 1. The van der Waals surface area contributed by atoms with Gasteiger partial charge in [-0.25, -0.2) is 9.98 Å². The summed E-state index contributed by atoms with van der Waals surface area (Å²) in [5.41, 5.74) is 1.61. The zero-order valence-corrected chi connectivity index (χ0v) is 16.6. The van der Waals surface area contributed by atoms with Crippen LogP contribution in [-0.2, 0) is 4.79 Å². The quantitative estimate of drug-likeness (QED) is 0.583. The maximum absolute atomic E-state index is 12.9. The van der Waals surface area contributed by atoms with Gasteiger partial charge in [0, 0.05) is 12.2 Å². The van der Waals surface area contributed by atoms with Gasteiger partial charge in [-0.2, -0.15) is 0 Å². The Hall–Kier alpha value is -3.06. The first-order valence-corrected chi connectivity index (χ1v) is 9.64. The summed E-state index contributed by atoms with van der Waals surface area (Å²) in [6, 6.07) is 10.6. The van der Waals surface area contributed by atoms with Crippen LogP contribution in [0.3, 0.4) is 0 Å². The third-order valence-electron chi connectivity index (χ3n) is 3.87. The number of nitrogens with zero attached hydrogens (tertiary/aromatic N) is 3. The molecule has 1 amide bonds. The van der Waals surface area contributed by atoms with Crippen molar-refractivity contribution in [1.82, 2.24) is 9.88 Å². The average molecular weight is 395 g/mol. The molecule has 3 rings (SSSR count). The van der Waals surface area contributed by atoms with E-state index in [1.54, 1.807) is 41.3 Å². The van der Waals surface area contributed by atoms with Crippen LogP contribution in [-0.4, -0.2) is 39.2 Å². The minimum atomic E-state index is -0.151. The topological polar surface area (TPSA) is 75.0 Å². The molecule has 0 atom stereocenters. The summed E-state index contributed by atoms with van der Waals surface area (Å²) in [6.07, 6.45) is 3.42. The summed E-state index contributed by atoms with van der Waals surface area (Å²) in [4.78, 5) is 23.9. The number of aromatic nitrogens is 1. The van der Waals surface area contributed by atoms with Gasteiger partial charge in [-0.15, -0.1) is 6.58 Å². The van der Waals surface area contributed by atoms with E-state index in [1.807, 2.05) is 26.0 Å². The number of carbonyl (C=O) groups excluding carboxylic acids is 1. The van der Waals surface area contributed by atoms with Crippen molar-refractivity contribution in [3.05, 3.63) is 65.2 Å². The number of aliphatic imine (C=N–C) groups is 1. The maximum atomic E-state index is 12.9. The highest BCUT2D eigenvalue weighted by molar-refractivity contribution is 8.18. The third kappa shape index (κ3) is 4.43. The normalized spacial score (nSPS) is 16.8. The Morgan fingerprint density at radius 2 is 2.18 bits per heavy atom. The summed E-state index contributed by atoms with van der Waals surface area (Å²) in [5.74, 6) is 0.847. The van der Waals surface area contributed by atoms with E-state index < -0.39 is 0 Å². The Morgan fingerprint density at radius 3 is 2.89 bits per heavy atom. The SMILES string of the molecule is C=CCN1C(=O)/C(=C/c2ccc(O)c(OCC)c2)S/C1=N/c1cccc(C)n1. The first kappa shape index (κ1) is 19.7. The Kier molecular flexibility index (Phi) is 6.16. The van der Waals surface area contributed by atoms with Crippen LogP contribution >= 0.6 is 11.8 Å². The van der Waals surface area contributed by atoms with Crippen LogP contribution < -0.4 is 4.74 Å². The zero-order valence-electron chi connectivity index (χ0n) is 15.8. The van der Waals surface area contributed by atoms with Crippen LogP contribution in [0.2, 0.25) is 0 Å². The van der Waals surface area contributed by atoms with E-state index in [4.69, 9.17) is 4.74 Å². The molecule has 2 heterocycles. The van der Waals surface area contributed by atoms with Gasteiger partial charge in [-0.1, -0.05) is 18.2 Å². The van der Waals surface area contributed by atoms with Crippen molar-refractivity contribution < 1.29 is 14.6 Å². The van der Waals surface area contributed by atoms with Gasteiger partial charge in [0.25, 0.3) is 5.91 Å². The van der Waals surface area contributed by atoms with Crippen molar-refractivity contribution in [1.29, 1.82) is 0 Å². The second-order valence-corrected chi connectivity index (χ2v) is 7.02. The van der Waals surface area contributed by atoms with Gasteiger partial charge >= 0.3 is 0 Å². The number of hydrogen-bond acceptors (Lipinski definition) is 6. The molecular formula is C21H21N3O3S. The summed E-state index contributed by atoms with van der Waals surface area (Å²) >= 11 is 1.28. The number of benzene rings is 1. The molecule has 1 aromatic carbocycles. The molecule has 0 aliphatic carbocycles. The van der Waals surface area contributed by atoms with Gasteiger partial charge in [0.1, 0.15) is 0 Å². The highest BCUT2D eigenvalue weighted by atomic mass is 32.2. The van der Waals surface area contributed by atoms with Crippen molar-refractivity contribution >= 4 is 34.7 Å². The lowest BCUT2D eigenvalue weighted by Gasteiger charge is -2.12. The fourth-order valence-corrected chi connectivity index (χ4v) is 3.61. The van der Waals surface area contributed by atoms with E-state index in [-0.39, 0.29) is 11.7 Å². The number of hydrogen-bond donors (Lipinski definition) is 1. The molecule has 1 aromatic heterocycles. The number of amides is 1. The van der Waals surface area contributed by atoms with Gasteiger partial charge in [-0.3, -0.25) is 9.69 Å². The molecule has 0 spiro atoms. The monoisotopic (exact) mass is 395 g/mol. The van der Waals surface area contributed by atoms with Gasteiger partial charge in [-0.05, 0) is 61.5 Å². The molecule has 144 valence electrons. The molecule has 1 aliphatic heterocycles. The van der Waals surface area contributed by atoms with E-state index in [1.165, 1.54) is 11.8 Å². The molecule has 6 nitrogen and oxygen atoms in total. The van der Waals surface area contributed by atoms with Crippen LogP contribution in [0, 0.1) is 6.92 Å². The van der Waals surface area contributed by atoms with E-state index in [2.05, 4.69) is 16.6 Å². The highest BCUT2D eigenvalue weighted by Gasteiger charge is 2.32. The van der Waals surface area contributed by atoms with Gasteiger partial charge in [0.15, 0.2) is 22.5 Å². The van der Waals surface area contributed by atoms with E-state index in [0.717, 1.165) is 11.3 Å². The number of carbonyl (C=O) groups is 1. The first-order chi connectivity index (χ1) is 13.5. The summed E-state index contributed by atoms with van der Waals surface area (Å²) in [5, 5.41) is 10.4. The lowest BCUT2D eigenvalue weighted by atomic mass is 10.2. The number of aryl methyl sites for hydroxylation is 1. The fraction of sp³-hybridized carbons (Fsp3) is 0.190. The number of amidine groups is 1. The lowest BCUT2D eigenvalue weighted by Crippen LogP contribution is -2.29. The molecule has 1 N–H and O–H groups in total. The number of rotatable bonds is 6. The molecule has 0 saturated carbocycles. The Morgan fingerprint density at radius 1 is 1.36 bits per heavy atom. The van der Waals surface area contributed by atoms with Crippen molar-refractivity contribution in [3.8, 4) is 11.5 Å². The van der Waals surface area contributed by atoms with E-state index in [9.17, 15) is 9.90 Å². The van der Waals surface area contributed by atoms with Crippen molar-refractivity contribution in [2.45, 2.75) is 13.8 Å². The van der Waals surface area contributed by atoms with Gasteiger partial charge in [0.05, 0.1) is 11.5 Å². The van der Waals surface area contributed by atoms with Crippen LogP contribution in [0.4, 0.5) is 5.82 Å². The molecule has 1 fully saturated rings. The fourth-order valence-electron chi connectivity index (χ4n) is 2.61. The molecule has 1 aliphatic rings. The van der Waals surface area contributed by atoms with Crippen molar-refractivity contribution in [2.75, 3.05) is 13.2 Å². The average Bonchev–Trinajstić information content (AvgIpc) is 2.94. The minimum Gasteiger partial charge on any atom is -0.504 e. The standard InChI is InChI=1S/C21H21N3O3S/c1-4-11-24-20(26)18(13-15-9-10-16(25)17(12-15)27-5-2)28-21(24)23-19-8-6-7-14(3)22-19/h4,6-10,12-13,25H,1,5,11H2,2-3H3/b18-13-,23-21+. The van der Waals surface area contributed by atoms with Gasteiger partial charge in [0.2, 0.25) is 0 Å². The summed E-state index contributed by atoms with van der Waals surface area (Å²) in [7, 11) is 0. The number of pyridine rings is 1. The summed E-state index contributed by atoms with van der Waals surface area (Å²) < 4.78 is 5.41. The first-order valence-electron chi connectivity index (χ1n) is 8.82. The highest BCUT2D eigenvalue weighted by Crippen LogP contribution is 2.35. The number of phenols is 1. The largest absolute Gasteiger partial charge is 0.504 e. The van der Waals surface area contributed by atoms with Crippen molar-refractivity contribution in [3.63, 3.8) is 0 Å². The van der Waals surface area contributed by atoms with Crippen LogP contribution in [0.15, 0.2) is 59.0 Å². The third-order valence-corrected chi connectivity index (χ3v) is 4.87. The summed E-state index contributed by atoms with van der Waals surface area (Å²) in [6.45, 7) is 8.26. The molecule has 2 aromatic rings. The molecule has 1 saturated heterocycles. The number of aromatic hydroxyl groups is 1. The molecule has 0 radical (unpaired) electrons. The smallest absolute Gasteiger partial charge is 0.267 e. The Balaban J connectivity index is 1.95. The lowest BCUT2D eigenvalue weighted by molar-refractivity contribution is -0.121. The van der Waals surface area contributed by atoms with E-state index >= 15 is 0 Å². The van der Waals surface area contributed by atoms with Gasteiger partial charge < -0.3 is 9.84 Å². The predicted molar refractivity (Wildman–Crippen MR) is 113 cm³/mol. The molecular weight excluding hydrogens is 374 g/mol. The Labute approximate surface area is 168 Å². The predicted octanol–water partition coefficient (Wildman–Crippen LogP) is 4.28. The van der Waals surface area contributed by atoms with Crippen molar-refractivity contribution in [2.24, 2.45) is 4.99 Å². The molecule has 0 bridgehead atoms. The maximum Gasteiger partial charge on any atom is 0.267 e. The minimum absolute atomic E-state index is 0.0652. The second-order valence-electron chi connectivity index (χ2n) is 6.01. The number of phenolic OH excluding ortho intramolecular Hbond substituents is 1. The molecule has 7 heteroatoms. The zero-order chi connectivity index (χ0) is 20.1. The van der Waals surface area contributed by atoms with Crippen LogP contribution in [0.25, 0.3) is 6.08 Å². The van der Waals surface area contributed by atoms with Crippen LogP contribution in [0.1, 0.15) is 18.2 Å². The second kappa shape index (κ2) is 8.75. The molecule has 28 heavy (non-hydrogen) atoms.